The van der Waals surface area contributed by atoms with Gasteiger partial charge in [0.05, 0.1) is 11.4 Å². The zero-order chi connectivity index (χ0) is 12.3. The molecule has 1 N–H and O–H groups in total. The largest absolute Gasteiger partial charge is 0.324 e. The number of halogens is 1. The Morgan fingerprint density at radius 3 is 3.00 bits per heavy atom. The Labute approximate surface area is 104 Å². The molecule has 0 aliphatic carbocycles. The van der Waals surface area contributed by atoms with E-state index in [1.165, 1.54) is 0 Å². The Bertz CT molecular complexity index is 523. The molecule has 0 aliphatic rings. The second kappa shape index (κ2) is 5.01. The molecule has 0 unspecified atom stereocenters. The van der Waals surface area contributed by atoms with Gasteiger partial charge in [-0.05, 0) is 24.3 Å². The molecule has 0 saturated carbocycles. The van der Waals surface area contributed by atoms with Gasteiger partial charge in [0, 0.05) is 23.8 Å². The minimum absolute atomic E-state index is 0.0410. The lowest BCUT2D eigenvalue weighted by atomic mass is 10.2. The van der Waals surface area contributed by atoms with E-state index in [0.717, 1.165) is 5.69 Å². The van der Waals surface area contributed by atoms with E-state index in [2.05, 4.69) is 10.4 Å². The Kier molecular flexibility index (Phi) is 3.44. The fourth-order valence-electron chi connectivity index (χ4n) is 1.45. The second-order valence-electron chi connectivity index (χ2n) is 3.51. The third-order valence-electron chi connectivity index (χ3n) is 2.31. The summed E-state index contributed by atoms with van der Waals surface area (Å²) in [6, 6.07) is 7.08. The highest BCUT2D eigenvalue weighted by atomic mass is 35.5. The van der Waals surface area contributed by atoms with Crippen molar-refractivity contribution in [2.24, 2.45) is 0 Å². The van der Waals surface area contributed by atoms with Crippen molar-refractivity contribution in [2.75, 3.05) is 5.32 Å². The van der Waals surface area contributed by atoms with Crippen molar-refractivity contribution in [3.8, 4) is 5.69 Å². The molecule has 5 heteroatoms. The first-order chi connectivity index (χ1) is 8.20. The molecule has 1 aromatic heterocycles. The molecule has 88 valence electrons. The van der Waals surface area contributed by atoms with Crippen LogP contribution in [0, 0.1) is 0 Å². The molecule has 0 bridgehead atoms. The predicted octanol–water partition coefficient (Wildman–Crippen LogP) is 2.87. The van der Waals surface area contributed by atoms with Crippen LogP contribution >= 0.6 is 11.6 Å². The quantitative estimate of drug-likeness (QED) is 0.909. The van der Waals surface area contributed by atoms with Crippen molar-refractivity contribution in [1.29, 1.82) is 0 Å². The molecule has 0 spiro atoms. The van der Waals surface area contributed by atoms with Gasteiger partial charge in [-0.25, -0.2) is 4.68 Å². The number of carbonyl (C=O) groups excluding carboxylic acids is 1. The van der Waals surface area contributed by atoms with E-state index in [9.17, 15) is 4.79 Å². The minimum atomic E-state index is -0.0410. The fraction of sp³-hybridized carbons (Fsp3) is 0.167. The molecule has 1 heterocycles. The van der Waals surface area contributed by atoms with Crippen LogP contribution < -0.4 is 5.32 Å². The Hall–Kier alpha value is -1.81. The molecule has 4 nitrogen and oxygen atoms in total. The second-order valence-corrected chi connectivity index (χ2v) is 3.95. The van der Waals surface area contributed by atoms with Crippen LogP contribution in [-0.4, -0.2) is 15.7 Å². The molecule has 0 radical (unpaired) electrons. The van der Waals surface area contributed by atoms with Crippen molar-refractivity contribution in [1.82, 2.24) is 9.78 Å². The number of nitrogens with zero attached hydrogens (tertiary/aromatic N) is 2. The average Bonchev–Trinajstić information content (AvgIpc) is 2.84. The van der Waals surface area contributed by atoms with Crippen LogP contribution in [0.15, 0.2) is 36.7 Å². The SMILES string of the molecule is CCC(=O)Nc1ccc(Cl)cc1-n1cccn1. The summed E-state index contributed by atoms with van der Waals surface area (Å²) < 4.78 is 1.66. The fourth-order valence-corrected chi connectivity index (χ4v) is 1.62. The van der Waals surface area contributed by atoms with Crippen LogP contribution in [0.2, 0.25) is 5.02 Å². The lowest BCUT2D eigenvalue weighted by Gasteiger charge is -2.10. The van der Waals surface area contributed by atoms with Crippen LogP contribution in [0.3, 0.4) is 0 Å². The van der Waals surface area contributed by atoms with Crippen LogP contribution in [0.25, 0.3) is 5.69 Å². The Morgan fingerprint density at radius 2 is 2.35 bits per heavy atom. The normalized spacial score (nSPS) is 10.2. The van der Waals surface area contributed by atoms with Gasteiger partial charge in [0.2, 0.25) is 5.91 Å². The molecular weight excluding hydrogens is 238 g/mol. The maximum atomic E-state index is 11.4. The Morgan fingerprint density at radius 1 is 1.53 bits per heavy atom. The zero-order valence-corrected chi connectivity index (χ0v) is 10.1. The predicted molar refractivity (Wildman–Crippen MR) is 67.5 cm³/mol. The van der Waals surface area contributed by atoms with Crippen LogP contribution in [0.1, 0.15) is 13.3 Å². The van der Waals surface area contributed by atoms with Crippen LogP contribution in [-0.2, 0) is 4.79 Å². The molecule has 0 atom stereocenters. The third kappa shape index (κ3) is 2.65. The number of hydrogen-bond donors (Lipinski definition) is 1. The number of nitrogens with one attached hydrogen (secondary N) is 1. The zero-order valence-electron chi connectivity index (χ0n) is 9.35. The van der Waals surface area contributed by atoms with E-state index in [1.54, 1.807) is 42.2 Å². The highest BCUT2D eigenvalue weighted by molar-refractivity contribution is 6.30. The first-order valence-corrected chi connectivity index (χ1v) is 5.68. The highest BCUT2D eigenvalue weighted by Crippen LogP contribution is 2.24. The summed E-state index contributed by atoms with van der Waals surface area (Å²) in [6.45, 7) is 1.80. The lowest BCUT2D eigenvalue weighted by molar-refractivity contribution is -0.115. The molecule has 0 saturated heterocycles. The summed E-state index contributed by atoms with van der Waals surface area (Å²) in [5.41, 5.74) is 1.45. The average molecular weight is 250 g/mol. The molecule has 1 aromatic carbocycles. The molecule has 1 amide bonds. The Balaban J connectivity index is 2.41. The number of amides is 1. The van der Waals surface area contributed by atoms with Gasteiger partial charge in [0.25, 0.3) is 0 Å². The topological polar surface area (TPSA) is 46.9 Å². The standard InChI is InChI=1S/C12H12ClN3O/c1-2-12(17)15-10-5-4-9(13)8-11(10)16-7-3-6-14-16/h3-8H,2H2,1H3,(H,15,17). The van der Waals surface area contributed by atoms with Crippen molar-refractivity contribution in [3.05, 3.63) is 41.7 Å². The van der Waals surface area contributed by atoms with E-state index in [4.69, 9.17) is 11.6 Å². The molecule has 0 aliphatic heterocycles. The van der Waals surface area contributed by atoms with Gasteiger partial charge in [-0.3, -0.25) is 4.79 Å². The van der Waals surface area contributed by atoms with E-state index in [0.29, 0.717) is 17.1 Å². The van der Waals surface area contributed by atoms with Gasteiger partial charge in [0.15, 0.2) is 0 Å². The number of rotatable bonds is 3. The van der Waals surface area contributed by atoms with E-state index < -0.39 is 0 Å². The first kappa shape index (κ1) is 11.7. The van der Waals surface area contributed by atoms with Gasteiger partial charge in [-0.1, -0.05) is 18.5 Å². The van der Waals surface area contributed by atoms with Gasteiger partial charge >= 0.3 is 0 Å². The summed E-state index contributed by atoms with van der Waals surface area (Å²) in [5, 5.41) is 7.55. The molecule has 2 aromatic rings. The van der Waals surface area contributed by atoms with Crippen molar-refractivity contribution in [2.45, 2.75) is 13.3 Å². The summed E-state index contributed by atoms with van der Waals surface area (Å²) >= 11 is 5.95. The number of anilines is 1. The molecule has 2 rings (SSSR count). The van der Waals surface area contributed by atoms with Gasteiger partial charge in [-0.2, -0.15) is 5.10 Å². The van der Waals surface area contributed by atoms with Crippen molar-refractivity contribution >= 4 is 23.2 Å². The number of hydrogen-bond acceptors (Lipinski definition) is 2. The maximum absolute atomic E-state index is 11.4. The summed E-state index contributed by atoms with van der Waals surface area (Å²) in [6.07, 6.45) is 3.90. The van der Waals surface area contributed by atoms with Crippen molar-refractivity contribution < 1.29 is 4.79 Å². The molecule has 0 fully saturated rings. The molecular formula is C12H12ClN3O. The summed E-state index contributed by atoms with van der Waals surface area (Å²) in [4.78, 5) is 11.4. The number of carbonyl (C=O) groups is 1. The minimum Gasteiger partial charge on any atom is -0.324 e. The van der Waals surface area contributed by atoms with Gasteiger partial charge in [-0.15, -0.1) is 0 Å². The summed E-state index contributed by atoms with van der Waals surface area (Å²) in [7, 11) is 0. The maximum Gasteiger partial charge on any atom is 0.224 e. The van der Waals surface area contributed by atoms with Gasteiger partial charge in [0.1, 0.15) is 0 Å². The van der Waals surface area contributed by atoms with Crippen molar-refractivity contribution in [3.63, 3.8) is 0 Å². The van der Waals surface area contributed by atoms with E-state index >= 15 is 0 Å². The van der Waals surface area contributed by atoms with Crippen LogP contribution in [0.4, 0.5) is 5.69 Å². The van der Waals surface area contributed by atoms with E-state index in [-0.39, 0.29) is 5.91 Å². The lowest BCUT2D eigenvalue weighted by Crippen LogP contribution is -2.12. The smallest absolute Gasteiger partial charge is 0.224 e. The monoisotopic (exact) mass is 249 g/mol. The third-order valence-corrected chi connectivity index (χ3v) is 2.54. The molecule has 17 heavy (non-hydrogen) atoms. The first-order valence-electron chi connectivity index (χ1n) is 5.30. The number of aromatic nitrogens is 2. The van der Waals surface area contributed by atoms with Crippen LogP contribution in [0.5, 0.6) is 0 Å². The van der Waals surface area contributed by atoms with Gasteiger partial charge < -0.3 is 5.32 Å². The number of benzene rings is 1. The highest BCUT2D eigenvalue weighted by Gasteiger charge is 2.08. The summed E-state index contributed by atoms with van der Waals surface area (Å²) in [5.74, 6) is -0.0410. The van der Waals surface area contributed by atoms with E-state index in [1.807, 2.05) is 6.07 Å².